The predicted molar refractivity (Wildman–Crippen MR) is 67.0 cm³/mol. The van der Waals surface area contributed by atoms with Crippen molar-refractivity contribution in [1.82, 2.24) is 10.6 Å². The van der Waals surface area contributed by atoms with E-state index in [-0.39, 0.29) is 6.54 Å². The number of rotatable bonds is 7. The van der Waals surface area contributed by atoms with Crippen LogP contribution in [0.4, 0.5) is 0 Å². The minimum atomic E-state index is -3.80. The lowest BCUT2D eigenvalue weighted by Crippen LogP contribution is -2.46. The number of hydrogen-bond acceptors (Lipinski definition) is 6. The van der Waals surface area contributed by atoms with Gasteiger partial charge in [0.25, 0.3) is 0 Å². The lowest BCUT2D eigenvalue weighted by Gasteiger charge is -2.14. The highest BCUT2D eigenvalue weighted by molar-refractivity contribution is 7.92. The number of nitrogens with zero attached hydrogens (tertiary/aromatic N) is 1. The molecule has 0 aromatic carbocycles. The number of carboxylic acids is 1. The van der Waals surface area contributed by atoms with Crippen LogP contribution in [0.5, 0.6) is 0 Å². The first-order valence-electron chi connectivity index (χ1n) is 5.21. The van der Waals surface area contributed by atoms with Gasteiger partial charge in [-0.3, -0.25) is 9.59 Å². The van der Waals surface area contributed by atoms with Crippen LogP contribution in [0.25, 0.3) is 0 Å². The molecule has 0 aromatic heterocycles. The van der Waals surface area contributed by atoms with E-state index >= 15 is 0 Å². The molecule has 2 amide bonds. The molecule has 0 heterocycles. The van der Waals surface area contributed by atoms with Crippen molar-refractivity contribution < 1.29 is 27.9 Å². The molecule has 0 saturated heterocycles. The van der Waals surface area contributed by atoms with E-state index in [0.717, 1.165) is 6.26 Å². The van der Waals surface area contributed by atoms with Crippen LogP contribution in [0.15, 0.2) is 12.2 Å². The summed E-state index contributed by atoms with van der Waals surface area (Å²) in [7, 11) is -3.80. The van der Waals surface area contributed by atoms with E-state index in [1.165, 1.54) is 0 Å². The predicted octanol–water partition coefficient (Wildman–Crippen LogP) is -2.20. The van der Waals surface area contributed by atoms with Gasteiger partial charge in [-0.05, 0) is 0 Å². The molecular formula is C10H13N3O6S. The highest BCUT2D eigenvalue weighted by Gasteiger charge is 2.28. The monoisotopic (exact) mass is 303 g/mol. The second-order valence-corrected chi connectivity index (χ2v) is 5.84. The number of carbonyl (C=O) groups is 3. The van der Waals surface area contributed by atoms with Gasteiger partial charge in [0, 0.05) is 25.0 Å². The maximum absolute atomic E-state index is 11.5. The Balaban J connectivity index is 4.70. The minimum Gasteiger partial charge on any atom is -0.478 e. The van der Waals surface area contributed by atoms with Crippen LogP contribution in [0.1, 0.15) is 0 Å². The Bertz CT molecular complexity index is 560. The van der Waals surface area contributed by atoms with Gasteiger partial charge in [-0.2, -0.15) is 5.26 Å². The Kier molecular flexibility index (Phi) is 6.95. The zero-order chi connectivity index (χ0) is 15.8. The van der Waals surface area contributed by atoms with Crippen LogP contribution < -0.4 is 10.6 Å². The van der Waals surface area contributed by atoms with Crippen molar-refractivity contribution >= 4 is 27.6 Å². The van der Waals surface area contributed by atoms with Gasteiger partial charge in [0.15, 0.2) is 15.1 Å². The summed E-state index contributed by atoms with van der Waals surface area (Å²) in [6, 6.07) is 1.61. The number of nitriles is 1. The second-order valence-electron chi connectivity index (χ2n) is 3.61. The molecule has 0 radical (unpaired) electrons. The standard InChI is InChI=1S/C10H13N3O6S/c1-20(18,19)7(10(17)12-5-4-11)6-13-8(14)2-3-9(15)16/h2-3,7H,5-6H2,1H3,(H,12,17)(H,13,14)(H,15,16). The fourth-order valence-corrected chi connectivity index (χ4v) is 1.94. The highest BCUT2D eigenvalue weighted by atomic mass is 32.2. The third kappa shape index (κ3) is 7.12. The normalized spacial score (nSPS) is 12.4. The Morgan fingerprint density at radius 2 is 1.90 bits per heavy atom. The van der Waals surface area contributed by atoms with Gasteiger partial charge in [-0.1, -0.05) is 0 Å². The molecule has 0 aliphatic rings. The number of carboxylic acid groups (broad SMARTS) is 1. The Morgan fingerprint density at radius 1 is 1.30 bits per heavy atom. The molecule has 1 atom stereocenters. The first-order valence-corrected chi connectivity index (χ1v) is 7.16. The molecule has 0 rings (SSSR count). The van der Waals surface area contributed by atoms with Crippen LogP contribution in [0.3, 0.4) is 0 Å². The summed E-state index contributed by atoms with van der Waals surface area (Å²) >= 11 is 0. The summed E-state index contributed by atoms with van der Waals surface area (Å²) in [5.74, 6) is -3.11. The van der Waals surface area contributed by atoms with Crippen molar-refractivity contribution in [3.63, 3.8) is 0 Å². The van der Waals surface area contributed by atoms with Crippen molar-refractivity contribution in [2.75, 3.05) is 19.3 Å². The first-order chi connectivity index (χ1) is 9.18. The molecule has 0 spiro atoms. The molecule has 0 aliphatic carbocycles. The quantitative estimate of drug-likeness (QED) is 0.356. The maximum Gasteiger partial charge on any atom is 0.328 e. The maximum atomic E-state index is 11.5. The average Bonchev–Trinajstić information content (AvgIpc) is 2.32. The summed E-state index contributed by atoms with van der Waals surface area (Å²) in [4.78, 5) is 32.9. The molecule has 3 N–H and O–H groups in total. The van der Waals surface area contributed by atoms with Gasteiger partial charge >= 0.3 is 5.97 Å². The van der Waals surface area contributed by atoms with Crippen molar-refractivity contribution in [3.05, 3.63) is 12.2 Å². The second kappa shape index (κ2) is 7.90. The molecular weight excluding hydrogens is 290 g/mol. The lowest BCUT2D eigenvalue weighted by atomic mass is 10.3. The highest BCUT2D eigenvalue weighted by Crippen LogP contribution is 1.98. The molecule has 0 bridgehead atoms. The molecule has 0 saturated carbocycles. The summed E-state index contributed by atoms with van der Waals surface area (Å²) in [5.41, 5.74) is 0. The average molecular weight is 303 g/mol. The molecule has 0 fully saturated rings. The van der Waals surface area contributed by atoms with E-state index in [0.29, 0.717) is 12.2 Å². The van der Waals surface area contributed by atoms with E-state index in [1.54, 1.807) is 6.07 Å². The molecule has 0 aromatic rings. The van der Waals surface area contributed by atoms with Gasteiger partial charge in [-0.15, -0.1) is 0 Å². The number of nitrogens with one attached hydrogen (secondary N) is 2. The summed E-state index contributed by atoms with van der Waals surface area (Å²) < 4.78 is 22.8. The van der Waals surface area contributed by atoms with Gasteiger partial charge in [0.2, 0.25) is 11.8 Å². The van der Waals surface area contributed by atoms with Crippen molar-refractivity contribution in [3.8, 4) is 6.07 Å². The SMILES string of the molecule is CS(=O)(=O)C(CNC(=O)C=CC(=O)O)C(=O)NCC#N. The number of amides is 2. The first kappa shape index (κ1) is 17.6. The van der Waals surface area contributed by atoms with E-state index in [1.807, 2.05) is 0 Å². The Morgan fingerprint density at radius 3 is 2.35 bits per heavy atom. The summed E-state index contributed by atoms with van der Waals surface area (Å²) in [6.07, 6.45) is 2.07. The number of carbonyl (C=O) groups excluding carboxylic acids is 2. The molecule has 20 heavy (non-hydrogen) atoms. The molecule has 0 aliphatic heterocycles. The topological polar surface area (TPSA) is 153 Å². The number of hydrogen-bond donors (Lipinski definition) is 3. The van der Waals surface area contributed by atoms with Gasteiger partial charge in [-0.25, -0.2) is 13.2 Å². The fraction of sp³-hybridized carbons (Fsp3) is 0.400. The van der Waals surface area contributed by atoms with Gasteiger partial charge in [0.1, 0.15) is 6.54 Å². The fourth-order valence-electron chi connectivity index (χ4n) is 1.08. The number of sulfone groups is 1. The van der Waals surface area contributed by atoms with E-state index < -0.39 is 39.4 Å². The largest absolute Gasteiger partial charge is 0.478 e. The van der Waals surface area contributed by atoms with Crippen molar-refractivity contribution in [2.45, 2.75) is 5.25 Å². The minimum absolute atomic E-state index is 0.363. The smallest absolute Gasteiger partial charge is 0.328 e. The van der Waals surface area contributed by atoms with Crippen molar-refractivity contribution in [2.24, 2.45) is 0 Å². The van der Waals surface area contributed by atoms with Gasteiger partial charge < -0.3 is 15.7 Å². The van der Waals surface area contributed by atoms with Gasteiger partial charge in [0.05, 0.1) is 6.07 Å². The lowest BCUT2D eigenvalue weighted by molar-refractivity contribution is -0.131. The van der Waals surface area contributed by atoms with Crippen LogP contribution >= 0.6 is 0 Å². The molecule has 9 nitrogen and oxygen atoms in total. The zero-order valence-corrected chi connectivity index (χ0v) is 11.3. The zero-order valence-electron chi connectivity index (χ0n) is 10.5. The van der Waals surface area contributed by atoms with Crippen molar-refractivity contribution in [1.29, 1.82) is 5.26 Å². The van der Waals surface area contributed by atoms with Crippen LogP contribution in [-0.2, 0) is 24.2 Å². The third-order valence-corrected chi connectivity index (χ3v) is 3.40. The molecule has 10 heteroatoms. The van der Waals surface area contributed by atoms with Crippen LogP contribution in [0, 0.1) is 11.3 Å². The van der Waals surface area contributed by atoms with Crippen LogP contribution in [-0.4, -0.2) is 55.9 Å². The summed E-state index contributed by atoms with van der Waals surface area (Å²) in [5, 5.41) is 19.2. The number of aliphatic carboxylic acids is 1. The Labute approximate surface area is 115 Å². The third-order valence-electron chi connectivity index (χ3n) is 1.99. The van der Waals surface area contributed by atoms with E-state index in [2.05, 4.69) is 10.6 Å². The molecule has 110 valence electrons. The van der Waals surface area contributed by atoms with E-state index in [4.69, 9.17) is 10.4 Å². The summed E-state index contributed by atoms with van der Waals surface area (Å²) in [6.45, 7) is -0.892. The van der Waals surface area contributed by atoms with Crippen LogP contribution in [0.2, 0.25) is 0 Å². The van der Waals surface area contributed by atoms with E-state index in [9.17, 15) is 22.8 Å². The Hall–Kier alpha value is -2.41. The molecule has 1 unspecified atom stereocenters.